The van der Waals surface area contributed by atoms with Crippen molar-refractivity contribution in [3.63, 3.8) is 0 Å². The van der Waals surface area contributed by atoms with Crippen LogP contribution in [0.1, 0.15) is 42.5 Å². The van der Waals surface area contributed by atoms with Crippen molar-refractivity contribution in [2.24, 2.45) is 17.0 Å². The first kappa shape index (κ1) is 23.1. The number of azide groups is 1. The van der Waals surface area contributed by atoms with Crippen LogP contribution in [0.15, 0.2) is 47.6 Å². The average molecular weight is 438 g/mol. The quantitative estimate of drug-likeness (QED) is 0.312. The highest BCUT2D eigenvalue weighted by atomic mass is 16.4. The number of carbonyl (C=O) groups is 3. The first-order chi connectivity index (χ1) is 15.5. The van der Waals surface area contributed by atoms with Crippen LogP contribution < -0.4 is 10.6 Å². The molecule has 9 heteroatoms. The summed E-state index contributed by atoms with van der Waals surface area (Å²) in [6.45, 7) is 0.457. The number of hydrogen-bond donors (Lipinski definition) is 3. The molecule has 3 rings (SSSR count). The SMILES string of the molecule is [N-]=[N+]=NC[C@H](CC(=O)O)NC(=O)C1CCC(CNC(=O)c2cccc3ccccc23)CC1. The molecule has 0 saturated heterocycles. The van der Waals surface area contributed by atoms with Gasteiger partial charge in [-0.2, -0.15) is 0 Å². The first-order valence-electron chi connectivity index (χ1n) is 10.8. The van der Waals surface area contributed by atoms with Crippen LogP contribution in [0.2, 0.25) is 0 Å². The summed E-state index contributed by atoms with van der Waals surface area (Å²) in [4.78, 5) is 38.8. The molecule has 2 amide bonds. The Morgan fingerprint density at radius 1 is 1.09 bits per heavy atom. The Hall–Kier alpha value is -3.58. The minimum absolute atomic E-state index is 0.0932. The molecule has 0 aliphatic heterocycles. The molecule has 32 heavy (non-hydrogen) atoms. The van der Waals surface area contributed by atoms with Crippen LogP contribution in [0.5, 0.6) is 0 Å². The maximum Gasteiger partial charge on any atom is 0.305 e. The fourth-order valence-electron chi connectivity index (χ4n) is 4.21. The van der Waals surface area contributed by atoms with Gasteiger partial charge in [0.1, 0.15) is 0 Å². The number of hydrogen-bond acceptors (Lipinski definition) is 4. The normalized spacial score (nSPS) is 18.9. The van der Waals surface area contributed by atoms with Gasteiger partial charge in [-0.3, -0.25) is 14.4 Å². The molecule has 1 aliphatic carbocycles. The van der Waals surface area contributed by atoms with Gasteiger partial charge in [-0.05, 0) is 54.0 Å². The minimum atomic E-state index is -1.06. The molecule has 3 N–H and O–H groups in total. The van der Waals surface area contributed by atoms with E-state index in [0.29, 0.717) is 24.9 Å². The lowest BCUT2D eigenvalue weighted by atomic mass is 9.81. The highest BCUT2D eigenvalue weighted by Crippen LogP contribution is 2.29. The van der Waals surface area contributed by atoms with Gasteiger partial charge in [0.15, 0.2) is 0 Å². The summed E-state index contributed by atoms with van der Waals surface area (Å²) in [7, 11) is 0. The van der Waals surface area contributed by atoms with Crippen LogP contribution in [0, 0.1) is 11.8 Å². The number of rotatable bonds is 9. The Balaban J connectivity index is 1.48. The summed E-state index contributed by atoms with van der Waals surface area (Å²) in [5, 5.41) is 20.0. The number of nitrogens with zero attached hydrogens (tertiary/aromatic N) is 3. The second kappa shape index (κ2) is 11.2. The third kappa shape index (κ3) is 6.21. The second-order valence-electron chi connectivity index (χ2n) is 8.17. The molecule has 0 heterocycles. The van der Waals surface area contributed by atoms with Crippen molar-refractivity contribution in [2.75, 3.05) is 13.1 Å². The first-order valence-corrected chi connectivity index (χ1v) is 10.8. The van der Waals surface area contributed by atoms with E-state index in [1.165, 1.54) is 0 Å². The molecule has 1 atom stereocenters. The highest BCUT2D eigenvalue weighted by molar-refractivity contribution is 6.07. The van der Waals surface area contributed by atoms with E-state index in [0.717, 1.165) is 23.6 Å². The molecule has 1 aliphatic rings. The summed E-state index contributed by atoms with van der Waals surface area (Å²) in [5.41, 5.74) is 9.10. The Morgan fingerprint density at radius 3 is 2.53 bits per heavy atom. The van der Waals surface area contributed by atoms with Crippen LogP contribution in [0.25, 0.3) is 21.2 Å². The summed E-state index contributed by atoms with van der Waals surface area (Å²) < 4.78 is 0. The van der Waals surface area contributed by atoms with Crippen LogP contribution in [-0.4, -0.2) is 42.0 Å². The summed E-state index contributed by atoms with van der Waals surface area (Å²) in [5.74, 6) is -1.29. The van der Waals surface area contributed by atoms with Crippen molar-refractivity contribution in [3.8, 4) is 0 Å². The topological polar surface area (TPSA) is 144 Å². The van der Waals surface area contributed by atoms with Gasteiger partial charge in [0.2, 0.25) is 5.91 Å². The zero-order chi connectivity index (χ0) is 22.9. The van der Waals surface area contributed by atoms with Gasteiger partial charge in [0, 0.05) is 35.5 Å². The minimum Gasteiger partial charge on any atom is -0.481 e. The molecule has 168 valence electrons. The van der Waals surface area contributed by atoms with Crippen molar-refractivity contribution in [3.05, 3.63) is 58.5 Å². The molecule has 0 aromatic heterocycles. The largest absolute Gasteiger partial charge is 0.481 e. The number of nitrogens with one attached hydrogen (secondary N) is 2. The number of fused-ring (bicyclic) bond motifs is 1. The van der Waals surface area contributed by atoms with Crippen LogP contribution in [0.4, 0.5) is 0 Å². The van der Waals surface area contributed by atoms with Crippen molar-refractivity contribution < 1.29 is 19.5 Å². The Bertz CT molecular complexity index is 1020. The van der Waals surface area contributed by atoms with Crippen molar-refractivity contribution in [1.82, 2.24) is 10.6 Å². The lowest BCUT2D eigenvalue weighted by Gasteiger charge is -2.29. The number of aliphatic carboxylic acids is 1. The van der Waals surface area contributed by atoms with Gasteiger partial charge >= 0.3 is 5.97 Å². The molecule has 1 saturated carbocycles. The average Bonchev–Trinajstić information content (AvgIpc) is 2.80. The monoisotopic (exact) mass is 437 g/mol. The van der Waals surface area contributed by atoms with E-state index in [4.69, 9.17) is 10.6 Å². The van der Waals surface area contributed by atoms with Crippen molar-refractivity contribution in [1.29, 1.82) is 0 Å². The van der Waals surface area contributed by atoms with Gasteiger partial charge in [-0.1, -0.05) is 41.5 Å². The zero-order valence-corrected chi connectivity index (χ0v) is 17.7. The number of carbonyl (C=O) groups excluding carboxylic acids is 2. The van der Waals surface area contributed by atoms with Gasteiger partial charge in [0.05, 0.1) is 6.42 Å². The summed E-state index contributed by atoms with van der Waals surface area (Å²) >= 11 is 0. The van der Waals surface area contributed by atoms with E-state index in [1.54, 1.807) is 0 Å². The number of amides is 2. The van der Waals surface area contributed by atoms with E-state index < -0.39 is 12.0 Å². The molecule has 0 unspecified atom stereocenters. The molecule has 1 fully saturated rings. The lowest BCUT2D eigenvalue weighted by molar-refractivity contribution is -0.137. The molecule has 9 nitrogen and oxygen atoms in total. The van der Waals surface area contributed by atoms with Crippen LogP contribution >= 0.6 is 0 Å². The summed E-state index contributed by atoms with van der Waals surface area (Å²) in [6, 6.07) is 12.7. The molecular formula is C23H27N5O4. The standard InChI is InChI=1S/C23H27N5O4/c24-28-26-14-18(12-21(29)30)27-22(31)17-10-8-15(9-11-17)13-25-23(32)20-7-3-5-16-4-1-2-6-19(16)20/h1-7,15,17-18H,8-14H2,(H,25,32)(H,27,31)(H,29,30)/t15?,17?,18-/m0/s1. The van der Waals surface area contributed by atoms with Gasteiger partial charge in [-0.15, -0.1) is 0 Å². The molecule has 0 radical (unpaired) electrons. The smallest absolute Gasteiger partial charge is 0.305 e. The van der Waals surface area contributed by atoms with Gasteiger partial charge in [-0.25, -0.2) is 0 Å². The third-order valence-corrected chi connectivity index (χ3v) is 5.94. The van der Waals surface area contributed by atoms with Gasteiger partial charge in [0.25, 0.3) is 5.91 Å². The molecule has 0 spiro atoms. The summed E-state index contributed by atoms with van der Waals surface area (Å²) in [6.07, 6.45) is 2.64. The lowest BCUT2D eigenvalue weighted by Crippen LogP contribution is -2.43. The molecule has 2 aromatic carbocycles. The van der Waals surface area contributed by atoms with Crippen LogP contribution in [-0.2, 0) is 9.59 Å². The number of carboxylic acids is 1. The van der Waals surface area contributed by atoms with Crippen molar-refractivity contribution in [2.45, 2.75) is 38.1 Å². The van der Waals surface area contributed by atoms with E-state index in [1.807, 2.05) is 42.5 Å². The maximum absolute atomic E-state index is 12.7. The Labute approximate surface area is 185 Å². The van der Waals surface area contributed by atoms with E-state index in [-0.39, 0.29) is 36.6 Å². The number of benzene rings is 2. The molecule has 2 aromatic rings. The zero-order valence-electron chi connectivity index (χ0n) is 17.7. The van der Waals surface area contributed by atoms with Crippen molar-refractivity contribution >= 4 is 28.6 Å². The van der Waals surface area contributed by atoms with E-state index in [9.17, 15) is 14.4 Å². The van der Waals surface area contributed by atoms with E-state index >= 15 is 0 Å². The van der Waals surface area contributed by atoms with Crippen LogP contribution in [0.3, 0.4) is 0 Å². The number of carboxylic acid groups (broad SMARTS) is 1. The second-order valence-corrected chi connectivity index (χ2v) is 8.17. The Kier molecular flexibility index (Phi) is 8.05. The van der Waals surface area contributed by atoms with E-state index in [2.05, 4.69) is 20.7 Å². The molecule has 0 bridgehead atoms. The highest BCUT2D eigenvalue weighted by Gasteiger charge is 2.28. The fraction of sp³-hybridized carbons (Fsp3) is 0.435. The molecular weight excluding hydrogens is 410 g/mol. The predicted octanol–water partition coefficient (Wildman–Crippen LogP) is 3.65. The maximum atomic E-state index is 12.7. The predicted molar refractivity (Wildman–Crippen MR) is 120 cm³/mol. The Morgan fingerprint density at radius 2 is 1.81 bits per heavy atom. The fourth-order valence-corrected chi connectivity index (χ4v) is 4.21. The van der Waals surface area contributed by atoms with Gasteiger partial charge < -0.3 is 15.7 Å². The third-order valence-electron chi connectivity index (χ3n) is 5.94.